The Labute approximate surface area is 107 Å². The van der Waals surface area contributed by atoms with Crippen molar-refractivity contribution in [1.82, 2.24) is 4.90 Å². The fourth-order valence-electron chi connectivity index (χ4n) is 3.48. The summed E-state index contributed by atoms with van der Waals surface area (Å²) in [6.07, 6.45) is 7.77. The van der Waals surface area contributed by atoms with Crippen molar-refractivity contribution >= 4 is 0 Å². The van der Waals surface area contributed by atoms with Crippen LogP contribution < -0.4 is 0 Å². The van der Waals surface area contributed by atoms with Crippen molar-refractivity contribution in [3.05, 3.63) is 0 Å². The molecule has 3 atom stereocenters. The second-order valence-corrected chi connectivity index (χ2v) is 6.46. The molecule has 1 aliphatic rings. The summed E-state index contributed by atoms with van der Waals surface area (Å²) in [6, 6.07) is 0.728. The third-order valence-electron chi connectivity index (χ3n) is 4.50. The first-order valence-corrected chi connectivity index (χ1v) is 7.33. The molecular formula is C15H31NO. The summed E-state index contributed by atoms with van der Waals surface area (Å²) in [4.78, 5) is 2.51. The van der Waals surface area contributed by atoms with Crippen LogP contribution in [0.5, 0.6) is 0 Å². The van der Waals surface area contributed by atoms with Gasteiger partial charge in [-0.05, 0) is 32.2 Å². The maximum absolute atomic E-state index is 9.60. The standard InChI is InChI=1S/C15H31NO/c1-5-10-15(3,12-17)11-16(4)14-9-7-6-8-13(14)2/h13-14,17H,5-12H2,1-4H3. The van der Waals surface area contributed by atoms with Crippen LogP contribution in [0.4, 0.5) is 0 Å². The summed E-state index contributed by atoms with van der Waals surface area (Å²) in [6.45, 7) is 8.16. The van der Waals surface area contributed by atoms with E-state index in [0.717, 1.165) is 31.3 Å². The van der Waals surface area contributed by atoms with Gasteiger partial charge in [-0.15, -0.1) is 0 Å². The number of hydrogen-bond acceptors (Lipinski definition) is 2. The molecule has 1 aliphatic carbocycles. The van der Waals surface area contributed by atoms with Gasteiger partial charge in [0, 0.05) is 24.6 Å². The molecule has 0 heterocycles. The lowest BCUT2D eigenvalue weighted by atomic mass is 9.82. The first kappa shape index (κ1) is 15.0. The molecule has 0 amide bonds. The van der Waals surface area contributed by atoms with E-state index in [1.54, 1.807) is 0 Å². The van der Waals surface area contributed by atoms with Gasteiger partial charge in [0.2, 0.25) is 0 Å². The molecule has 1 fully saturated rings. The van der Waals surface area contributed by atoms with E-state index in [1.165, 1.54) is 25.7 Å². The minimum atomic E-state index is 0.0840. The monoisotopic (exact) mass is 241 g/mol. The Bertz CT molecular complexity index is 219. The Morgan fingerprint density at radius 1 is 1.29 bits per heavy atom. The van der Waals surface area contributed by atoms with Crippen molar-refractivity contribution in [2.45, 2.75) is 65.3 Å². The van der Waals surface area contributed by atoms with Crippen LogP contribution in [0.3, 0.4) is 0 Å². The van der Waals surface area contributed by atoms with Crippen molar-refractivity contribution in [3.8, 4) is 0 Å². The molecule has 0 aromatic rings. The van der Waals surface area contributed by atoms with Gasteiger partial charge < -0.3 is 10.0 Å². The molecule has 1 rings (SSSR count). The van der Waals surface area contributed by atoms with Crippen LogP contribution >= 0.6 is 0 Å². The Balaban J connectivity index is 2.53. The van der Waals surface area contributed by atoms with Gasteiger partial charge >= 0.3 is 0 Å². The predicted octanol–water partition coefficient (Wildman–Crippen LogP) is 3.30. The van der Waals surface area contributed by atoms with E-state index >= 15 is 0 Å². The molecule has 0 aromatic heterocycles. The number of aliphatic hydroxyl groups is 1. The molecule has 17 heavy (non-hydrogen) atoms. The van der Waals surface area contributed by atoms with E-state index < -0.39 is 0 Å². The molecule has 2 heteroatoms. The van der Waals surface area contributed by atoms with Crippen LogP contribution in [0.2, 0.25) is 0 Å². The lowest BCUT2D eigenvalue weighted by molar-refractivity contribution is 0.0485. The van der Waals surface area contributed by atoms with Gasteiger partial charge in [-0.2, -0.15) is 0 Å². The zero-order valence-electron chi connectivity index (χ0n) is 12.2. The molecule has 0 saturated heterocycles. The van der Waals surface area contributed by atoms with E-state index in [9.17, 15) is 5.11 Å². The summed E-state index contributed by atoms with van der Waals surface area (Å²) in [5.41, 5.74) is 0.0840. The first-order chi connectivity index (χ1) is 8.02. The maximum Gasteiger partial charge on any atom is 0.0497 e. The molecule has 1 N–H and O–H groups in total. The summed E-state index contributed by atoms with van der Waals surface area (Å²) < 4.78 is 0. The minimum absolute atomic E-state index is 0.0840. The molecule has 1 saturated carbocycles. The molecule has 102 valence electrons. The van der Waals surface area contributed by atoms with Crippen molar-refractivity contribution in [1.29, 1.82) is 0 Å². The average Bonchev–Trinajstić information content (AvgIpc) is 2.29. The molecular weight excluding hydrogens is 210 g/mol. The van der Waals surface area contributed by atoms with Crippen molar-refractivity contribution < 1.29 is 5.11 Å². The molecule has 0 radical (unpaired) electrons. The van der Waals surface area contributed by atoms with Crippen LogP contribution in [-0.4, -0.2) is 36.2 Å². The SMILES string of the molecule is CCCC(C)(CO)CN(C)C1CCCCC1C. The van der Waals surface area contributed by atoms with Crippen LogP contribution in [0, 0.1) is 11.3 Å². The number of aliphatic hydroxyl groups excluding tert-OH is 1. The topological polar surface area (TPSA) is 23.5 Å². The minimum Gasteiger partial charge on any atom is -0.396 e. The normalized spacial score (nSPS) is 29.3. The molecule has 3 unspecified atom stereocenters. The van der Waals surface area contributed by atoms with Gasteiger partial charge in [0.25, 0.3) is 0 Å². The van der Waals surface area contributed by atoms with Gasteiger partial charge in [-0.25, -0.2) is 0 Å². The van der Waals surface area contributed by atoms with Crippen molar-refractivity contribution in [2.24, 2.45) is 11.3 Å². The smallest absolute Gasteiger partial charge is 0.0497 e. The van der Waals surface area contributed by atoms with E-state index in [-0.39, 0.29) is 5.41 Å². The van der Waals surface area contributed by atoms with E-state index in [0.29, 0.717) is 6.61 Å². The quantitative estimate of drug-likeness (QED) is 0.771. The lowest BCUT2D eigenvalue weighted by Crippen LogP contribution is -2.45. The first-order valence-electron chi connectivity index (χ1n) is 7.33. The zero-order chi connectivity index (χ0) is 12.9. The molecule has 0 bridgehead atoms. The summed E-state index contributed by atoms with van der Waals surface area (Å²) in [5.74, 6) is 0.818. The highest BCUT2D eigenvalue weighted by Gasteiger charge is 2.30. The maximum atomic E-state index is 9.60. The van der Waals surface area contributed by atoms with Gasteiger partial charge in [0.05, 0.1) is 0 Å². The van der Waals surface area contributed by atoms with Crippen LogP contribution in [0.1, 0.15) is 59.3 Å². The highest BCUT2D eigenvalue weighted by atomic mass is 16.3. The second-order valence-electron chi connectivity index (χ2n) is 6.46. The number of hydrogen-bond donors (Lipinski definition) is 1. The fraction of sp³-hybridized carbons (Fsp3) is 1.00. The fourth-order valence-corrected chi connectivity index (χ4v) is 3.48. The van der Waals surface area contributed by atoms with Crippen molar-refractivity contribution in [2.75, 3.05) is 20.2 Å². The predicted molar refractivity (Wildman–Crippen MR) is 74.2 cm³/mol. The van der Waals surface area contributed by atoms with Gasteiger partial charge in [0.1, 0.15) is 0 Å². The van der Waals surface area contributed by atoms with Crippen molar-refractivity contribution in [3.63, 3.8) is 0 Å². The van der Waals surface area contributed by atoms with Gasteiger partial charge in [-0.3, -0.25) is 0 Å². The Hall–Kier alpha value is -0.0800. The van der Waals surface area contributed by atoms with Crippen LogP contribution in [0.25, 0.3) is 0 Å². The van der Waals surface area contributed by atoms with Gasteiger partial charge in [-0.1, -0.05) is 40.0 Å². The summed E-state index contributed by atoms with van der Waals surface area (Å²) in [7, 11) is 2.25. The third-order valence-corrected chi connectivity index (χ3v) is 4.50. The third kappa shape index (κ3) is 4.26. The number of nitrogens with zero attached hydrogens (tertiary/aromatic N) is 1. The molecule has 0 aliphatic heterocycles. The zero-order valence-corrected chi connectivity index (χ0v) is 12.2. The Morgan fingerprint density at radius 3 is 2.47 bits per heavy atom. The van der Waals surface area contributed by atoms with E-state index in [2.05, 4.69) is 32.7 Å². The Kier molecular flexibility index (Phi) is 5.94. The highest BCUT2D eigenvalue weighted by Crippen LogP contribution is 2.31. The second kappa shape index (κ2) is 6.75. The Morgan fingerprint density at radius 2 is 1.94 bits per heavy atom. The van der Waals surface area contributed by atoms with E-state index in [1.807, 2.05) is 0 Å². The largest absolute Gasteiger partial charge is 0.396 e. The molecule has 0 spiro atoms. The lowest BCUT2D eigenvalue weighted by Gasteiger charge is -2.41. The summed E-state index contributed by atoms with van der Waals surface area (Å²) >= 11 is 0. The number of rotatable bonds is 6. The van der Waals surface area contributed by atoms with E-state index in [4.69, 9.17) is 0 Å². The van der Waals surface area contributed by atoms with Gasteiger partial charge in [0.15, 0.2) is 0 Å². The summed E-state index contributed by atoms with van der Waals surface area (Å²) in [5, 5.41) is 9.60. The molecule has 2 nitrogen and oxygen atoms in total. The average molecular weight is 241 g/mol. The van der Waals surface area contributed by atoms with Crippen LogP contribution in [-0.2, 0) is 0 Å². The highest BCUT2D eigenvalue weighted by molar-refractivity contribution is 4.84. The van der Waals surface area contributed by atoms with Crippen LogP contribution in [0.15, 0.2) is 0 Å². The molecule has 0 aromatic carbocycles.